The first-order valence-electron chi connectivity index (χ1n) is 20.7. The van der Waals surface area contributed by atoms with Crippen LogP contribution in [0.3, 0.4) is 0 Å². The van der Waals surface area contributed by atoms with Crippen LogP contribution >= 0.6 is 0 Å². The van der Waals surface area contributed by atoms with Crippen molar-refractivity contribution in [2.45, 2.75) is 78.9 Å². The molecule has 4 heterocycles. The summed E-state index contributed by atoms with van der Waals surface area (Å²) in [4.78, 5) is 14.7. The molecule has 60 heavy (non-hydrogen) atoms. The number of hydrogen-bond donors (Lipinski definition) is 0. The monoisotopic (exact) mass is 981 g/mol. The van der Waals surface area contributed by atoms with E-state index in [-0.39, 0.29) is 25.5 Å². The topological polar surface area (TPSA) is 56.7 Å². The molecule has 7 heteroatoms. The second-order valence-corrected chi connectivity index (χ2v) is 22.7. The molecule has 0 aliphatic rings. The third kappa shape index (κ3) is 8.45. The SMILES string of the molecule is CC(C)c1cccc2nc(-c3[c-]ccc4c3oc3nc(C(C)(C)C)ccc34)n(-c3ccc(-c4ccccc4)cc3)c12.CCc1cc(-c2[c-]cccc2)ncc1[Si](C)(C)C.[Ir]. The second-order valence-electron chi connectivity index (χ2n) is 17.7. The van der Waals surface area contributed by atoms with Gasteiger partial charge < -0.3 is 14.0 Å². The Morgan fingerprint density at radius 3 is 2.15 bits per heavy atom. The van der Waals surface area contributed by atoms with Crippen LogP contribution in [-0.2, 0) is 31.9 Å². The van der Waals surface area contributed by atoms with Crippen LogP contribution in [0.5, 0.6) is 0 Å². The van der Waals surface area contributed by atoms with Gasteiger partial charge in [-0.05, 0) is 70.2 Å². The van der Waals surface area contributed by atoms with Crippen LogP contribution in [0.15, 0.2) is 138 Å². The maximum absolute atomic E-state index is 6.52. The van der Waals surface area contributed by atoms with Crippen molar-refractivity contribution in [1.29, 1.82) is 0 Å². The fourth-order valence-corrected chi connectivity index (χ4v) is 9.51. The van der Waals surface area contributed by atoms with Crippen molar-refractivity contribution < 1.29 is 24.5 Å². The molecule has 0 N–H and O–H groups in total. The van der Waals surface area contributed by atoms with Crippen molar-refractivity contribution in [3.8, 4) is 39.5 Å². The van der Waals surface area contributed by atoms with Gasteiger partial charge in [0.25, 0.3) is 0 Å². The number of para-hydroxylation sites is 1. The first-order valence-corrected chi connectivity index (χ1v) is 24.2. The quantitative estimate of drug-likeness (QED) is 0.118. The van der Waals surface area contributed by atoms with Gasteiger partial charge in [0, 0.05) is 48.5 Å². The van der Waals surface area contributed by atoms with E-state index >= 15 is 0 Å². The van der Waals surface area contributed by atoms with Gasteiger partial charge in [0.05, 0.1) is 30.5 Å². The molecular formula is C53H52IrN4OSi-2. The Kier molecular flexibility index (Phi) is 12.3. The summed E-state index contributed by atoms with van der Waals surface area (Å²) in [5, 5.41) is 3.49. The van der Waals surface area contributed by atoms with Gasteiger partial charge in [-0.3, -0.25) is 4.98 Å². The molecule has 0 aliphatic heterocycles. The average molecular weight is 981 g/mol. The van der Waals surface area contributed by atoms with Crippen LogP contribution in [-0.4, -0.2) is 27.6 Å². The Morgan fingerprint density at radius 2 is 1.48 bits per heavy atom. The van der Waals surface area contributed by atoms with Gasteiger partial charge in [-0.25, -0.2) is 4.98 Å². The number of furan rings is 1. The normalized spacial score (nSPS) is 11.8. The molecule has 1 radical (unpaired) electrons. The third-order valence-electron chi connectivity index (χ3n) is 11.0. The zero-order valence-electron chi connectivity index (χ0n) is 36.0. The summed E-state index contributed by atoms with van der Waals surface area (Å²) in [6, 6.07) is 50.8. The molecule has 5 aromatic carbocycles. The van der Waals surface area contributed by atoms with Crippen LogP contribution in [0.25, 0.3) is 72.6 Å². The van der Waals surface area contributed by atoms with E-state index in [1.807, 2.05) is 30.3 Å². The predicted octanol–water partition coefficient (Wildman–Crippen LogP) is 13.5. The summed E-state index contributed by atoms with van der Waals surface area (Å²) in [6.07, 6.45) is 3.16. The van der Waals surface area contributed by atoms with Crippen molar-refractivity contribution >= 4 is 46.4 Å². The minimum atomic E-state index is -1.30. The minimum absolute atomic E-state index is 0. The Bertz CT molecular complexity index is 2900. The van der Waals surface area contributed by atoms with Gasteiger partial charge in [-0.1, -0.05) is 138 Å². The molecule has 0 saturated heterocycles. The van der Waals surface area contributed by atoms with Gasteiger partial charge in [-0.15, -0.1) is 54.1 Å². The van der Waals surface area contributed by atoms with Gasteiger partial charge in [0.2, 0.25) is 5.71 Å². The predicted molar refractivity (Wildman–Crippen MR) is 250 cm³/mol. The largest absolute Gasteiger partial charge is 0.486 e. The third-order valence-corrected chi connectivity index (χ3v) is 13.1. The molecule has 0 atom stereocenters. The maximum atomic E-state index is 6.52. The molecule has 0 aliphatic carbocycles. The minimum Gasteiger partial charge on any atom is -0.486 e. The Hall–Kier alpha value is -5.46. The molecule has 4 aromatic heterocycles. The van der Waals surface area contributed by atoms with Crippen LogP contribution in [0.4, 0.5) is 0 Å². The summed E-state index contributed by atoms with van der Waals surface area (Å²) in [5.74, 6) is 1.14. The van der Waals surface area contributed by atoms with Gasteiger partial charge in [0.15, 0.2) is 0 Å². The van der Waals surface area contributed by atoms with Crippen molar-refractivity contribution in [3.63, 3.8) is 0 Å². The van der Waals surface area contributed by atoms with E-state index in [0.717, 1.165) is 67.8 Å². The molecule has 0 bridgehead atoms. The van der Waals surface area contributed by atoms with Crippen molar-refractivity contribution in [3.05, 3.63) is 163 Å². The van der Waals surface area contributed by atoms with Gasteiger partial charge in [-0.2, -0.15) is 0 Å². The molecule has 5 nitrogen and oxygen atoms in total. The van der Waals surface area contributed by atoms with Crippen LogP contribution in [0.2, 0.25) is 19.6 Å². The van der Waals surface area contributed by atoms with Crippen LogP contribution in [0, 0.1) is 12.1 Å². The van der Waals surface area contributed by atoms with Gasteiger partial charge >= 0.3 is 0 Å². The first-order chi connectivity index (χ1) is 28.3. The second kappa shape index (κ2) is 17.3. The van der Waals surface area contributed by atoms with E-state index in [1.165, 1.54) is 27.4 Å². The zero-order valence-corrected chi connectivity index (χ0v) is 39.4. The Labute approximate surface area is 369 Å². The number of benzene rings is 5. The van der Waals surface area contributed by atoms with Crippen LogP contribution in [0.1, 0.15) is 64.3 Å². The number of fused-ring (bicyclic) bond motifs is 4. The first kappa shape index (κ1) is 42.7. The van der Waals surface area contributed by atoms with Crippen molar-refractivity contribution in [2.24, 2.45) is 0 Å². The number of rotatable bonds is 7. The summed E-state index contributed by atoms with van der Waals surface area (Å²) in [7, 11) is -1.30. The maximum Gasteiger partial charge on any atom is 0.216 e. The average Bonchev–Trinajstić information content (AvgIpc) is 3.82. The fourth-order valence-electron chi connectivity index (χ4n) is 7.84. The zero-order chi connectivity index (χ0) is 41.5. The van der Waals surface area contributed by atoms with Crippen LogP contribution < -0.4 is 5.19 Å². The summed E-state index contributed by atoms with van der Waals surface area (Å²) in [6.45, 7) is 20.3. The number of pyridine rings is 2. The number of imidazole rings is 1. The summed E-state index contributed by atoms with van der Waals surface area (Å²) < 4.78 is 8.79. The number of aromatic nitrogens is 4. The molecule has 305 valence electrons. The number of aryl methyl sites for hydroxylation is 1. The van der Waals surface area contributed by atoms with E-state index in [2.05, 4.69) is 186 Å². The molecule has 0 amide bonds. The standard InChI is InChI=1S/C37H32N3O.C16H20NSi.Ir/c1-23(2)27-13-10-16-31-33(27)40(26-19-17-25(18-20-26)24-11-7-6-8-12-24)35(38-31)30-15-9-14-28-29-21-22-32(37(3,4)5)39-36(29)41-34(28)30;1-5-13-11-15(14-9-7-6-8-10-14)17-12-16(13)18(2,3)4;/h6-14,16-23H,1-5H3;6-9,11-12H,5H2,1-4H3;/q2*-1;. The fraction of sp³-hybridized carbons (Fsp3) is 0.226. The van der Waals surface area contributed by atoms with E-state index in [1.54, 1.807) is 0 Å². The molecular weight excluding hydrogens is 929 g/mol. The molecule has 0 fully saturated rings. The molecule has 9 aromatic rings. The number of nitrogens with zero attached hydrogens (tertiary/aromatic N) is 4. The van der Waals surface area contributed by atoms with Crippen molar-refractivity contribution in [1.82, 2.24) is 19.5 Å². The number of hydrogen-bond acceptors (Lipinski definition) is 4. The van der Waals surface area contributed by atoms with E-state index in [0.29, 0.717) is 11.6 Å². The Balaban J connectivity index is 0.000000241. The van der Waals surface area contributed by atoms with E-state index < -0.39 is 8.07 Å². The molecule has 0 unspecified atom stereocenters. The molecule has 0 spiro atoms. The van der Waals surface area contributed by atoms with E-state index in [4.69, 9.17) is 14.4 Å². The molecule has 0 saturated carbocycles. The summed E-state index contributed by atoms with van der Waals surface area (Å²) in [5.41, 5.74) is 13.4. The smallest absolute Gasteiger partial charge is 0.216 e. The molecule has 9 rings (SSSR count). The Morgan fingerprint density at radius 1 is 0.750 bits per heavy atom. The van der Waals surface area contributed by atoms with E-state index in [9.17, 15) is 0 Å². The van der Waals surface area contributed by atoms with Crippen molar-refractivity contribution in [2.75, 3.05) is 0 Å². The summed E-state index contributed by atoms with van der Waals surface area (Å²) >= 11 is 0. The van der Waals surface area contributed by atoms with Gasteiger partial charge in [0.1, 0.15) is 0 Å².